The summed E-state index contributed by atoms with van der Waals surface area (Å²) < 4.78 is 13.6. The lowest BCUT2D eigenvalue weighted by Gasteiger charge is -2.24. The molecule has 2 aromatic heterocycles. The Kier molecular flexibility index (Phi) is 10.6. The number of methoxy groups -OCH3 is 1. The van der Waals surface area contributed by atoms with Gasteiger partial charge >= 0.3 is 6.03 Å². The third-order valence-electron chi connectivity index (χ3n) is 5.80. The first kappa shape index (κ1) is 27.0. The van der Waals surface area contributed by atoms with E-state index in [-0.39, 0.29) is 6.03 Å². The first-order valence-electron chi connectivity index (χ1n) is 12.3. The molecule has 0 atom stereocenters. The SMILES string of the molecule is COc1cc(N(Cc2cccnc2)C(=O)NCCCn2cncc2C)ccc1OCCCCN(C)C. The standard InChI is InChI=1S/C27H38N6O3/c1-22-18-29-21-32(22)15-8-13-30-27(34)33(20-23-9-7-12-28-19-23)24-10-11-25(26(17-24)35-4)36-16-6-5-14-31(2)3/h7,9-12,17-19,21H,5-6,8,13-16,20H2,1-4H3,(H,30,34). The van der Waals surface area contributed by atoms with E-state index in [9.17, 15) is 4.79 Å². The van der Waals surface area contributed by atoms with Gasteiger partial charge in [0.05, 0.1) is 26.6 Å². The van der Waals surface area contributed by atoms with Gasteiger partial charge in [0.15, 0.2) is 11.5 Å². The highest BCUT2D eigenvalue weighted by Crippen LogP contribution is 2.32. The number of urea groups is 1. The molecule has 0 bridgehead atoms. The number of rotatable bonds is 14. The maximum atomic E-state index is 13.3. The minimum absolute atomic E-state index is 0.180. The lowest BCUT2D eigenvalue weighted by Crippen LogP contribution is -2.40. The molecule has 1 N–H and O–H groups in total. The van der Waals surface area contributed by atoms with E-state index in [1.54, 1.807) is 24.4 Å². The summed E-state index contributed by atoms with van der Waals surface area (Å²) in [5.74, 6) is 1.27. The smallest absolute Gasteiger partial charge is 0.322 e. The van der Waals surface area contributed by atoms with Gasteiger partial charge in [-0.1, -0.05) is 6.07 Å². The summed E-state index contributed by atoms with van der Waals surface area (Å²) in [4.78, 5) is 25.5. The number of carbonyl (C=O) groups excluding carboxylic acids is 1. The van der Waals surface area contributed by atoms with Gasteiger partial charge in [0.25, 0.3) is 0 Å². The lowest BCUT2D eigenvalue weighted by atomic mass is 10.2. The molecule has 9 heteroatoms. The largest absolute Gasteiger partial charge is 0.493 e. The zero-order chi connectivity index (χ0) is 25.8. The number of anilines is 1. The van der Waals surface area contributed by atoms with Crippen molar-refractivity contribution in [2.45, 2.75) is 39.3 Å². The first-order chi connectivity index (χ1) is 17.5. The zero-order valence-electron chi connectivity index (χ0n) is 21.8. The number of nitrogens with zero attached hydrogens (tertiary/aromatic N) is 5. The lowest BCUT2D eigenvalue weighted by molar-refractivity contribution is 0.245. The van der Waals surface area contributed by atoms with Gasteiger partial charge in [0, 0.05) is 49.1 Å². The molecule has 2 heterocycles. The van der Waals surface area contributed by atoms with E-state index in [1.807, 2.05) is 49.8 Å². The van der Waals surface area contributed by atoms with Crippen molar-refractivity contribution < 1.29 is 14.3 Å². The summed E-state index contributed by atoms with van der Waals surface area (Å²) in [6.07, 6.45) is 9.95. The molecule has 1 aromatic carbocycles. The van der Waals surface area contributed by atoms with Crippen molar-refractivity contribution in [1.82, 2.24) is 24.8 Å². The highest BCUT2D eigenvalue weighted by molar-refractivity contribution is 5.92. The Morgan fingerprint density at radius 1 is 1.08 bits per heavy atom. The Labute approximate surface area is 214 Å². The average Bonchev–Trinajstić information content (AvgIpc) is 3.29. The molecule has 0 aliphatic carbocycles. The summed E-state index contributed by atoms with van der Waals surface area (Å²) in [5.41, 5.74) is 2.76. The summed E-state index contributed by atoms with van der Waals surface area (Å²) in [7, 11) is 5.75. The van der Waals surface area contributed by atoms with Crippen LogP contribution in [0.4, 0.5) is 10.5 Å². The fourth-order valence-electron chi connectivity index (χ4n) is 3.77. The number of hydrogen-bond acceptors (Lipinski definition) is 6. The van der Waals surface area contributed by atoms with Crippen LogP contribution in [0.2, 0.25) is 0 Å². The zero-order valence-corrected chi connectivity index (χ0v) is 21.8. The molecule has 9 nitrogen and oxygen atoms in total. The van der Waals surface area contributed by atoms with Gasteiger partial charge in [0.1, 0.15) is 0 Å². The highest BCUT2D eigenvalue weighted by Gasteiger charge is 2.18. The van der Waals surface area contributed by atoms with Gasteiger partial charge in [-0.25, -0.2) is 9.78 Å². The van der Waals surface area contributed by atoms with Crippen LogP contribution in [0.5, 0.6) is 11.5 Å². The van der Waals surface area contributed by atoms with Crippen LogP contribution < -0.4 is 19.7 Å². The molecule has 0 radical (unpaired) electrons. The molecule has 0 saturated carbocycles. The van der Waals surface area contributed by atoms with Crippen LogP contribution in [0, 0.1) is 6.92 Å². The molecule has 36 heavy (non-hydrogen) atoms. The first-order valence-corrected chi connectivity index (χ1v) is 12.3. The minimum Gasteiger partial charge on any atom is -0.493 e. The van der Waals surface area contributed by atoms with Crippen molar-refractivity contribution in [3.8, 4) is 11.5 Å². The number of pyridine rings is 1. The van der Waals surface area contributed by atoms with Crippen molar-refractivity contribution in [2.24, 2.45) is 0 Å². The summed E-state index contributed by atoms with van der Waals surface area (Å²) in [5, 5.41) is 3.05. The van der Waals surface area contributed by atoms with E-state index < -0.39 is 0 Å². The predicted molar refractivity (Wildman–Crippen MR) is 142 cm³/mol. The second-order valence-electron chi connectivity index (χ2n) is 8.96. The Balaban J connectivity index is 1.66. The molecule has 0 fully saturated rings. The van der Waals surface area contributed by atoms with Crippen molar-refractivity contribution >= 4 is 11.7 Å². The van der Waals surface area contributed by atoms with E-state index in [4.69, 9.17) is 9.47 Å². The molecule has 0 spiro atoms. The number of unbranched alkanes of at least 4 members (excludes halogenated alkanes) is 1. The fourth-order valence-corrected chi connectivity index (χ4v) is 3.77. The predicted octanol–water partition coefficient (Wildman–Crippen LogP) is 4.12. The highest BCUT2D eigenvalue weighted by atomic mass is 16.5. The van der Waals surface area contributed by atoms with Crippen molar-refractivity contribution in [3.05, 3.63) is 66.5 Å². The van der Waals surface area contributed by atoms with Gasteiger partial charge in [-0.15, -0.1) is 0 Å². The molecular weight excluding hydrogens is 456 g/mol. The van der Waals surface area contributed by atoms with Crippen LogP contribution in [0.25, 0.3) is 0 Å². The van der Waals surface area contributed by atoms with Crippen LogP contribution in [-0.2, 0) is 13.1 Å². The Bertz CT molecular complexity index is 1070. The number of imidazole rings is 1. The number of hydrogen-bond donors (Lipinski definition) is 1. The quantitative estimate of drug-likeness (QED) is 0.339. The molecule has 0 saturated heterocycles. The second-order valence-corrected chi connectivity index (χ2v) is 8.96. The van der Waals surface area contributed by atoms with Crippen LogP contribution in [0.3, 0.4) is 0 Å². The van der Waals surface area contributed by atoms with Gasteiger partial charge in [-0.05, 0) is 70.6 Å². The summed E-state index contributed by atoms with van der Waals surface area (Å²) in [6.45, 7) is 5.38. The number of nitrogens with one attached hydrogen (secondary N) is 1. The summed E-state index contributed by atoms with van der Waals surface area (Å²) in [6, 6.07) is 9.25. The van der Waals surface area contributed by atoms with Gasteiger partial charge in [0.2, 0.25) is 0 Å². The van der Waals surface area contributed by atoms with Crippen LogP contribution in [-0.4, -0.2) is 66.4 Å². The average molecular weight is 495 g/mol. The minimum atomic E-state index is -0.180. The molecule has 0 aliphatic heterocycles. The molecule has 194 valence electrons. The molecular formula is C27H38N6O3. The second kappa shape index (κ2) is 14.1. The molecule has 0 aliphatic rings. The normalized spacial score (nSPS) is 10.9. The fraction of sp³-hybridized carbons (Fsp3) is 0.444. The van der Waals surface area contributed by atoms with Crippen molar-refractivity contribution in [2.75, 3.05) is 45.8 Å². The number of amides is 2. The number of ether oxygens (including phenoxy) is 2. The number of carbonyl (C=O) groups is 1. The van der Waals surface area contributed by atoms with Crippen LogP contribution in [0.15, 0.2) is 55.2 Å². The number of aromatic nitrogens is 3. The Morgan fingerprint density at radius 3 is 2.64 bits per heavy atom. The topological polar surface area (TPSA) is 84.8 Å². The van der Waals surface area contributed by atoms with E-state index in [1.165, 1.54) is 0 Å². The maximum Gasteiger partial charge on any atom is 0.322 e. The molecule has 3 rings (SSSR count). The van der Waals surface area contributed by atoms with Crippen LogP contribution >= 0.6 is 0 Å². The van der Waals surface area contributed by atoms with Gasteiger partial charge < -0.3 is 24.3 Å². The van der Waals surface area contributed by atoms with Crippen molar-refractivity contribution in [1.29, 1.82) is 0 Å². The monoisotopic (exact) mass is 494 g/mol. The van der Waals surface area contributed by atoms with E-state index in [0.29, 0.717) is 31.2 Å². The number of aryl methyl sites for hydroxylation is 2. The molecule has 2 amide bonds. The summed E-state index contributed by atoms with van der Waals surface area (Å²) >= 11 is 0. The Morgan fingerprint density at radius 2 is 1.94 bits per heavy atom. The van der Waals surface area contributed by atoms with Gasteiger partial charge in [-0.2, -0.15) is 0 Å². The van der Waals surface area contributed by atoms with Crippen LogP contribution in [0.1, 0.15) is 30.5 Å². The van der Waals surface area contributed by atoms with E-state index in [2.05, 4.69) is 38.8 Å². The van der Waals surface area contributed by atoms with E-state index in [0.717, 1.165) is 49.3 Å². The molecule has 0 unspecified atom stereocenters. The third kappa shape index (κ3) is 8.27. The molecule has 3 aromatic rings. The van der Waals surface area contributed by atoms with E-state index >= 15 is 0 Å². The number of benzene rings is 1. The Hall–Kier alpha value is -3.59. The maximum absolute atomic E-state index is 13.3. The van der Waals surface area contributed by atoms with Gasteiger partial charge in [-0.3, -0.25) is 9.88 Å². The third-order valence-corrected chi connectivity index (χ3v) is 5.80. The van der Waals surface area contributed by atoms with Crippen molar-refractivity contribution in [3.63, 3.8) is 0 Å².